The Labute approximate surface area is 496 Å². The van der Waals surface area contributed by atoms with Crippen LogP contribution in [0.5, 0.6) is 0 Å². The number of rotatable bonds is 62. The molecule has 0 saturated heterocycles. The zero-order valence-corrected chi connectivity index (χ0v) is 52.6. The van der Waals surface area contributed by atoms with Crippen molar-refractivity contribution in [2.45, 2.75) is 328 Å². The number of hydrogen-bond acceptors (Lipinski definition) is 5. The van der Waals surface area contributed by atoms with E-state index >= 15 is 0 Å². The summed E-state index contributed by atoms with van der Waals surface area (Å²) in [6.45, 7) is 3.94. The van der Waals surface area contributed by atoms with Crippen molar-refractivity contribution in [2.75, 3.05) is 13.2 Å². The third-order valence-corrected chi connectivity index (χ3v) is 14.8. The van der Waals surface area contributed by atoms with E-state index in [0.29, 0.717) is 12.8 Å². The van der Waals surface area contributed by atoms with Crippen LogP contribution < -0.4 is 0 Å². The average Bonchev–Trinajstić information content (AvgIpc) is 3.46. The number of allylic oxidation sites excluding steroid dienone is 20. The first kappa shape index (κ1) is 76.3. The van der Waals surface area contributed by atoms with E-state index in [-0.39, 0.29) is 25.2 Å². The summed E-state index contributed by atoms with van der Waals surface area (Å²) in [5, 5.41) is 9.70. The smallest absolute Gasteiger partial charge is 0.306 e. The first-order valence-corrected chi connectivity index (χ1v) is 34.1. The molecular weight excluding hydrogens is 981 g/mol. The predicted octanol–water partition coefficient (Wildman–Crippen LogP) is 23.8. The zero-order chi connectivity index (χ0) is 57.6. The van der Waals surface area contributed by atoms with Crippen molar-refractivity contribution in [3.8, 4) is 0 Å². The van der Waals surface area contributed by atoms with Crippen LogP contribution in [-0.4, -0.2) is 36.4 Å². The lowest BCUT2D eigenvalue weighted by Crippen LogP contribution is -2.28. The molecule has 1 N–H and O–H groups in total. The molecule has 0 fully saturated rings. The van der Waals surface area contributed by atoms with Gasteiger partial charge in [-0.1, -0.05) is 328 Å². The lowest BCUT2D eigenvalue weighted by atomic mass is 10.0. The van der Waals surface area contributed by atoms with Crippen LogP contribution in [0.4, 0.5) is 0 Å². The highest BCUT2D eigenvalue weighted by Gasteiger charge is 2.16. The Balaban J connectivity index is 3.45. The van der Waals surface area contributed by atoms with Gasteiger partial charge in [0.05, 0.1) is 6.61 Å². The summed E-state index contributed by atoms with van der Waals surface area (Å²) in [4.78, 5) is 24.6. The average molecular weight is 1110 g/mol. The predicted molar refractivity (Wildman–Crippen MR) is 352 cm³/mol. The fraction of sp³-hybridized carbons (Fsp3) is 0.707. The quantitative estimate of drug-likeness (QED) is 0.0373. The van der Waals surface area contributed by atoms with Crippen LogP contribution in [0.3, 0.4) is 0 Å². The second kappa shape index (κ2) is 69.6. The molecule has 0 aromatic heterocycles. The zero-order valence-electron chi connectivity index (χ0n) is 52.6. The van der Waals surface area contributed by atoms with Gasteiger partial charge in [-0.3, -0.25) is 9.59 Å². The Kier molecular flexibility index (Phi) is 66.4. The minimum Gasteiger partial charge on any atom is -0.462 e. The Morgan fingerprint density at radius 3 is 0.750 bits per heavy atom. The van der Waals surface area contributed by atoms with E-state index in [4.69, 9.17) is 9.47 Å². The Morgan fingerprint density at radius 1 is 0.287 bits per heavy atom. The van der Waals surface area contributed by atoms with Crippen molar-refractivity contribution >= 4 is 11.9 Å². The van der Waals surface area contributed by atoms with Gasteiger partial charge in [-0.15, -0.1) is 0 Å². The molecule has 1 atom stereocenters. The Bertz CT molecular complexity index is 1590. The number of unbranched alkanes of at least 4 members (excludes halogenated alkanes) is 34. The van der Waals surface area contributed by atoms with Gasteiger partial charge >= 0.3 is 11.9 Å². The largest absolute Gasteiger partial charge is 0.462 e. The van der Waals surface area contributed by atoms with Gasteiger partial charge in [0.25, 0.3) is 0 Å². The molecular formula is C75H128O5. The van der Waals surface area contributed by atoms with Crippen LogP contribution >= 0.6 is 0 Å². The number of carbonyl (C=O) groups is 2. The van der Waals surface area contributed by atoms with Crippen molar-refractivity contribution < 1.29 is 24.2 Å². The number of esters is 2. The van der Waals surface area contributed by atoms with Crippen LogP contribution in [0.25, 0.3) is 0 Å². The SMILES string of the molecule is CC/C=C\C/C=C\C/C=C\C/C=C\C/C=C\C/C=C\CCCCCCCCCCCCC(=O)OC(CO)COC(=O)CCCCCCCCCCCCCCCCCCCCCCCCCC/C=C\C/C=C\C/C=C\C/C=C\CC. The summed E-state index contributed by atoms with van der Waals surface area (Å²) < 4.78 is 10.8. The second-order valence-electron chi connectivity index (χ2n) is 22.5. The van der Waals surface area contributed by atoms with Crippen LogP contribution in [0.1, 0.15) is 322 Å². The Hall–Kier alpha value is -3.70. The highest BCUT2D eigenvalue weighted by atomic mass is 16.6. The maximum atomic E-state index is 12.4. The van der Waals surface area contributed by atoms with Gasteiger partial charge in [0, 0.05) is 12.8 Å². The van der Waals surface area contributed by atoms with Crippen LogP contribution in [0.2, 0.25) is 0 Å². The van der Waals surface area contributed by atoms with Gasteiger partial charge < -0.3 is 14.6 Å². The summed E-state index contributed by atoms with van der Waals surface area (Å²) in [5.74, 6) is -0.587. The topological polar surface area (TPSA) is 72.8 Å². The molecule has 0 heterocycles. The highest BCUT2D eigenvalue weighted by Crippen LogP contribution is 2.18. The van der Waals surface area contributed by atoms with Crippen LogP contribution in [-0.2, 0) is 19.1 Å². The lowest BCUT2D eigenvalue weighted by Gasteiger charge is -2.15. The van der Waals surface area contributed by atoms with E-state index in [0.717, 1.165) is 103 Å². The molecule has 0 amide bonds. The molecule has 0 aliphatic heterocycles. The van der Waals surface area contributed by atoms with Gasteiger partial charge in [-0.2, -0.15) is 0 Å². The molecule has 0 saturated carbocycles. The molecule has 0 radical (unpaired) electrons. The third kappa shape index (κ3) is 66.8. The maximum absolute atomic E-state index is 12.4. The summed E-state index contributed by atoms with van der Waals surface area (Å²) in [6, 6.07) is 0. The summed E-state index contributed by atoms with van der Waals surface area (Å²) in [5.41, 5.74) is 0. The van der Waals surface area contributed by atoms with E-state index in [1.54, 1.807) is 0 Å². The van der Waals surface area contributed by atoms with Gasteiger partial charge in [0.1, 0.15) is 6.61 Å². The van der Waals surface area contributed by atoms with Crippen molar-refractivity contribution in [2.24, 2.45) is 0 Å². The molecule has 1 unspecified atom stereocenters. The first-order chi connectivity index (χ1) is 39.6. The monoisotopic (exact) mass is 1110 g/mol. The lowest BCUT2D eigenvalue weighted by molar-refractivity contribution is -0.161. The van der Waals surface area contributed by atoms with Crippen LogP contribution in [0, 0.1) is 0 Å². The number of carbonyl (C=O) groups excluding carboxylic acids is 2. The number of ether oxygens (including phenoxy) is 2. The van der Waals surface area contributed by atoms with E-state index in [2.05, 4.69) is 135 Å². The molecule has 80 heavy (non-hydrogen) atoms. The molecule has 0 aliphatic rings. The fourth-order valence-electron chi connectivity index (χ4n) is 9.73. The normalized spacial score (nSPS) is 13.0. The van der Waals surface area contributed by atoms with Crippen molar-refractivity contribution in [3.63, 3.8) is 0 Å². The molecule has 0 aliphatic carbocycles. The summed E-state index contributed by atoms with van der Waals surface area (Å²) in [7, 11) is 0. The van der Waals surface area contributed by atoms with Crippen molar-refractivity contribution in [3.05, 3.63) is 122 Å². The van der Waals surface area contributed by atoms with E-state index < -0.39 is 6.10 Å². The molecule has 0 aromatic carbocycles. The molecule has 0 bridgehead atoms. The number of aliphatic hydroxyl groups excluding tert-OH is 1. The molecule has 0 aromatic rings. The van der Waals surface area contributed by atoms with E-state index in [1.165, 1.54) is 193 Å². The maximum Gasteiger partial charge on any atom is 0.306 e. The second-order valence-corrected chi connectivity index (χ2v) is 22.5. The minimum atomic E-state index is -0.781. The highest BCUT2D eigenvalue weighted by molar-refractivity contribution is 5.70. The summed E-state index contributed by atoms with van der Waals surface area (Å²) in [6.07, 6.45) is 102. The molecule has 5 nitrogen and oxygen atoms in total. The minimum absolute atomic E-state index is 0.0695. The van der Waals surface area contributed by atoms with E-state index in [9.17, 15) is 14.7 Å². The molecule has 458 valence electrons. The fourth-order valence-corrected chi connectivity index (χ4v) is 9.73. The van der Waals surface area contributed by atoms with Crippen LogP contribution in [0.15, 0.2) is 122 Å². The van der Waals surface area contributed by atoms with Gasteiger partial charge in [0.2, 0.25) is 0 Å². The van der Waals surface area contributed by atoms with Gasteiger partial charge in [0.15, 0.2) is 6.10 Å². The first-order valence-electron chi connectivity index (χ1n) is 34.1. The molecule has 5 heteroatoms. The number of hydrogen-bond donors (Lipinski definition) is 1. The van der Waals surface area contributed by atoms with Crippen molar-refractivity contribution in [1.82, 2.24) is 0 Å². The summed E-state index contributed by atoms with van der Waals surface area (Å²) >= 11 is 0. The third-order valence-electron chi connectivity index (χ3n) is 14.8. The number of aliphatic hydroxyl groups is 1. The standard InChI is InChI=1S/C75H128O5/c1-3-5-7-9-11-13-15-17-19-21-23-25-27-29-31-33-34-35-36-37-38-39-40-42-43-45-47-49-51-53-55-57-59-61-63-65-67-69-74(77)79-72-73(71-76)80-75(78)70-68-66-64-62-60-58-56-54-52-50-48-46-44-41-32-30-28-26-24-22-20-18-16-14-12-10-8-6-4-2/h5-8,11-14,17-20,23-26,30,32,44,46,73,76H,3-4,9-10,15-16,21-22,27-29,31,33-43,45,47-72H2,1-2H3/b7-5-,8-6-,13-11-,14-12-,19-17-,20-18-,25-23-,26-24-,32-30-,46-44-. The van der Waals surface area contributed by atoms with Gasteiger partial charge in [-0.25, -0.2) is 0 Å². The molecule has 0 spiro atoms. The van der Waals surface area contributed by atoms with Gasteiger partial charge in [-0.05, 0) is 103 Å². The Morgan fingerprint density at radius 2 is 0.500 bits per heavy atom. The van der Waals surface area contributed by atoms with Crippen molar-refractivity contribution in [1.29, 1.82) is 0 Å². The van der Waals surface area contributed by atoms with E-state index in [1.807, 2.05) is 0 Å². The molecule has 0 rings (SSSR count).